The van der Waals surface area contributed by atoms with E-state index < -0.39 is 6.10 Å². The van der Waals surface area contributed by atoms with Gasteiger partial charge in [-0.05, 0) is 25.1 Å². The summed E-state index contributed by atoms with van der Waals surface area (Å²) in [5.41, 5.74) is 1.40. The van der Waals surface area contributed by atoms with Crippen molar-refractivity contribution >= 4 is 22.6 Å². The highest BCUT2D eigenvalue weighted by Gasteiger charge is 2.32. The van der Waals surface area contributed by atoms with E-state index in [9.17, 15) is 9.90 Å². The Kier molecular flexibility index (Phi) is 5.50. The van der Waals surface area contributed by atoms with E-state index in [0.29, 0.717) is 57.3 Å². The van der Waals surface area contributed by atoms with Crippen molar-refractivity contribution in [2.75, 3.05) is 27.3 Å². The number of aliphatic hydroxyl groups is 1. The Labute approximate surface area is 173 Å². The molecule has 1 aliphatic rings. The maximum Gasteiger partial charge on any atom is 0.197 e. The molecule has 1 fully saturated rings. The molecule has 0 radical (unpaired) electrons. The summed E-state index contributed by atoms with van der Waals surface area (Å²) in [5.74, 6) is 0.987. The quantitative estimate of drug-likeness (QED) is 0.678. The number of hydrogen-bond acceptors (Lipinski definition) is 6. The first-order valence-electron chi connectivity index (χ1n) is 9.41. The van der Waals surface area contributed by atoms with Crippen LogP contribution < -0.4 is 20.2 Å². The van der Waals surface area contributed by atoms with Crippen LogP contribution in [0.2, 0.25) is 5.02 Å². The molecule has 0 bridgehead atoms. The van der Waals surface area contributed by atoms with Crippen molar-refractivity contribution < 1.29 is 19.0 Å². The molecule has 2 atom stereocenters. The summed E-state index contributed by atoms with van der Waals surface area (Å²) in [6, 6.07) is 10.3. The summed E-state index contributed by atoms with van der Waals surface area (Å²) in [6.07, 6.45) is 0.0439. The molecule has 3 aromatic rings. The maximum atomic E-state index is 13.1. The molecule has 1 aromatic heterocycles. The van der Waals surface area contributed by atoms with Crippen LogP contribution in [0.3, 0.4) is 0 Å². The summed E-state index contributed by atoms with van der Waals surface area (Å²) in [6.45, 7) is 1.20. The molecule has 0 saturated carbocycles. The van der Waals surface area contributed by atoms with Crippen molar-refractivity contribution in [1.29, 1.82) is 0 Å². The smallest absolute Gasteiger partial charge is 0.197 e. The summed E-state index contributed by atoms with van der Waals surface area (Å²) in [7, 11) is 3.04. The molecule has 6 nitrogen and oxygen atoms in total. The Morgan fingerprint density at radius 1 is 1.17 bits per heavy atom. The molecule has 2 heterocycles. The Bertz CT molecular complexity index is 1110. The third-order valence-corrected chi connectivity index (χ3v) is 5.70. The first-order valence-corrected chi connectivity index (χ1v) is 9.79. The zero-order chi connectivity index (χ0) is 20.5. The van der Waals surface area contributed by atoms with Gasteiger partial charge in [-0.1, -0.05) is 23.7 Å². The largest absolute Gasteiger partial charge is 0.496 e. The maximum absolute atomic E-state index is 13.1. The third-order valence-electron chi connectivity index (χ3n) is 5.37. The van der Waals surface area contributed by atoms with Crippen molar-refractivity contribution in [3.63, 3.8) is 0 Å². The molecule has 2 aromatic carbocycles. The molecule has 7 heteroatoms. The summed E-state index contributed by atoms with van der Waals surface area (Å²) < 4.78 is 17.3. The normalized spacial score (nSPS) is 19.3. The number of ether oxygens (including phenoxy) is 2. The van der Waals surface area contributed by atoms with E-state index in [4.69, 9.17) is 25.5 Å². The van der Waals surface area contributed by atoms with Gasteiger partial charge in [0.15, 0.2) is 5.43 Å². The summed E-state index contributed by atoms with van der Waals surface area (Å²) >= 11 is 6.33. The molecule has 4 rings (SSSR count). The second-order valence-electron chi connectivity index (χ2n) is 7.02. The van der Waals surface area contributed by atoms with Gasteiger partial charge in [-0.25, -0.2) is 0 Å². The van der Waals surface area contributed by atoms with Crippen molar-refractivity contribution in [2.24, 2.45) is 0 Å². The van der Waals surface area contributed by atoms with Crippen LogP contribution in [0.15, 0.2) is 45.6 Å². The van der Waals surface area contributed by atoms with Crippen molar-refractivity contribution in [2.45, 2.75) is 18.4 Å². The van der Waals surface area contributed by atoms with E-state index in [-0.39, 0.29) is 11.3 Å². The zero-order valence-electron chi connectivity index (χ0n) is 16.2. The highest BCUT2D eigenvalue weighted by Crippen LogP contribution is 2.43. The van der Waals surface area contributed by atoms with Crippen LogP contribution in [0.1, 0.15) is 17.9 Å². The van der Waals surface area contributed by atoms with Crippen molar-refractivity contribution in [1.82, 2.24) is 5.32 Å². The van der Waals surface area contributed by atoms with E-state index in [0.717, 1.165) is 6.54 Å². The second-order valence-corrected chi connectivity index (χ2v) is 7.43. The standard InChI is InChI=1S/C22H22ClNO5/c1-27-18-10-19(28-2)21-15(25)9-17(12-5-3-4-6-14(12)23)29-22(21)20(18)13-7-8-24-11-16(13)26/h3-6,9-10,13,16,24,26H,7-8,11H2,1-2H3/t13-,16-/m0/s1. The predicted molar refractivity (Wildman–Crippen MR) is 112 cm³/mol. The van der Waals surface area contributed by atoms with Crippen molar-refractivity contribution in [3.05, 3.63) is 57.2 Å². The summed E-state index contributed by atoms with van der Waals surface area (Å²) in [5, 5.41) is 14.6. The predicted octanol–water partition coefficient (Wildman–Crippen LogP) is 3.57. The van der Waals surface area contributed by atoms with Gasteiger partial charge in [0.25, 0.3) is 0 Å². The van der Waals surface area contributed by atoms with Crippen LogP contribution in [0.4, 0.5) is 0 Å². The average molecular weight is 416 g/mol. The van der Waals surface area contributed by atoms with Gasteiger partial charge < -0.3 is 24.3 Å². The molecular formula is C22H22ClNO5. The molecule has 2 N–H and O–H groups in total. The number of halogens is 1. The lowest BCUT2D eigenvalue weighted by atomic mass is 9.86. The van der Waals surface area contributed by atoms with Gasteiger partial charge in [0.05, 0.1) is 25.3 Å². The second kappa shape index (κ2) is 8.06. The van der Waals surface area contributed by atoms with Gasteiger partial charge in [-0.15, -0.1) is 0 Å². The Hall–Kier alpha value is -2.54. The molecule has 0 unspecified atom stereocenters. The van der Waals surface area contributed by atoms with Crippen LogP contribution in [0, 0.1) is 0 Å². The van der Waals surface area contributed by atoms with Crippen LogP contribution >= 0.6 is 11.6 Å². The van der Waals surface area contributed by atoms with E-state index >= 15 is 0 Å². The molecule has 0 aliphatic carbocycles. The van der Waals surface area contributed by atoms with Gasteiger partial charge in [0.1, 0.15) is 28.2 Å². The minimum Gasteiger partial charge on any atom is -0.496 e. The minimum atomic E-state index is -0.636. The molecule has 1 saturated heterocycles. The lowest BCUT2D eigenvalue weighted by Crippen LogP contribution is -2.39. The van der Waals surface area contributed by atoms with Gasteiger partial charge in [-0.3, -0.25) is 4.79 Å². The SMILES string of the molecule is COc1cc(OC)c2c(=O)cc(-c3ccccc3Cl)oc2c1[C@H]1CCNC[C@@H]1O. The molecule has 0 amide bonds. The van der Waals surface area contributed by atoms with Gasteiger partial charge in [-0.2, -0.15) is 0 Å². The Balaban J connectivity index is 2.07. The third kappa shape index (κ3) is 3.48. The fourth-order valence-electron chi connectivity index (χ4n) is 3.95. The lowest BCUT2D eigenvalue weighted by Gasteiger charge is -2.30. The number of piperidine rings is 1. The van der Waals surface area contributed by atoms with E-state index in [1.165, 1.54) is 13.2 Å². The monoisotopic (exact) mass is 415 g/mol. The zero-order valence-corrected chi connectivity index (χ0v) is 17.0. The number of β-amino-alcohol motifs (C(OH)–C–C–N with tert-alkyl or cyclic N) is 1. The number of benzene rings is 2. The van der Waals surface area contributed by atoms with Crippen molar-refractivity contribution in [3.8, 4) is 22.8 Å². The number of hydrogen-bond donors (Lipinski definition) is 2. The summed E-state index contributed by atoms with van der Waals surface area (Å²) in [4.78, 5) is 13.1. The van der Waals surface area contributed by atoms with Crippen LogP contribution in [-0.4, -0.2) is 38.5 Å². The Morgan fingerprint density at radius 2 is 1.93 bits per heavy atom. The molecule has 0 spiro atoms. The first-order chi connectivity index (χ1) is 14.0. The highest BCUT2D eigenvalue weighted by molar-refractivity contribution is 6.33. The van der Waals surface area contributed by atoms with Crippen LogP contribution in [0.25, 0.3) is 22.3 Å². The van der Waals surface area contributed by atoms with Crippen LogP contribution in [-0.2, 0) is 0 Å². The highest BCUT2D eigenvalue weighted by atomic mass is 35.5. The topological polar surface area (TPSA) is 80.9 Å². The van der Waals surface area contributed by atoms with E-state index in [1.54, 1.807) is 25.3 Å². The first kappa shape index (κ1) is 19.8. The van der Waals surface area contributed by atoms with Gasteiger partial charge >= 0.3 is 0 Å². The van der Waals surface area contributed by atoms with E-state index in [1.807, 2.05) is 12.1 Å². The fourth-order valence-corrected chi connectivity index (χ4v) is 4.18. The number of nitrogens with one attached hydrogen (secondary N) is 1. The number of aliphatic hydroxyl groups excluding tert-OH is 1. The van der Waals surface area contributed by atoms with Gasteiger partial charge in [0, 0.05) is 35.7 Å². The van der Waals surface area contributed by atoms with Gasteiger partial charge in [0.2, 0.25) is 0 Å². The Morgan fingerprint density at radius 3 is 2.62 bits per heavy atom. The molecular weight excluding hydrogens is 394 g/mol. The minimum absolute atomic E-state index is 0.245. The average Bonchev–Trinajstić information content (AvgIpc) is 2.73. The lowest BCUT2D eigenvalue weighted by molar-refractivity contribution is 0.117. The van der Waals surface area contributed by atoms with E-state index in [2.05, 4.69) is 5.32 Å². The molecule has 1 aliphatic heterocycles. The number of methoxy groups -OCH3 is 2. The number of fused-ring (bicyclic) bond motifs is 1. The number of rotatable bonds is 4. The fraction of sp³-hybridized carbons (Fsp3) is 0.318. The molecule has 152 valence electrons. The molecule has 29 heavy (non-hydrogen) atoms. The van der Waals surface area contributed by atoms with Crippen LogP contribution in [0.5, 0.6) is 11.5 Å².